The van der Waals surface area contributed by atoms with Gasteiger partial charge in [0, 0.05) is 11.1 Å². The highest BCUT2D eigenvalue weighted by atomic mass is 32.3. The number of hydrogen-bond acceptors (Lipinski definition) is 7. The molecule has 0 spiro atoms. The summed E-state index contributed by atoms with van der Waals surface area (Å²) >= 11 is 1.44. The predicted molar refractivity (Wildman–Crippen MR) is 124 cm³/mol. The highest BCUT2D eigenvalue weighted by Crippen LogP contribution is 2.47. The van der Waals surface area contributed by atoms with Crippen molar-refractivity contribution in [1.29, 1.82) is 0 Å². The lowest BCUT2D eigenvalue weighted by molar-refractivity contribution is -0.0471. The zero-order valence-electron chi connectivity index (χ0n) is 19.0. The van der Waals surface area contributed by atoms with Gasteiger partial charge in [0.05, 0.1) is 11.0 Å². The Morgan fingerprint density at radius 3 is 1.26 bits per heavy atom. The second-order valence-electron chi connectivity index (χ2n) is 6.97. The molecule has 0 aromatic heterocycles. The molecule has 0 fully saturated rings. The Bertz CT molecular complexity index is 1300. The molecule has 222 valence electrons. The number of ether oxygens (including phenoxy) is 1. The molecule has 0 N–H and O–H groups in total. The van der Waals surface area contributed by atoms with E-state index < -0.39 is 50.0 Å². The van der Waals surface area contributed by atoms with E-state index in [2.05, 4.69) is 42.5 Å². The van der Waals surface area contributed by atoms with Crippen molar-refractivity contribution in [2.75, 3.05) is 7.11 Å². The number of benzene rings is 2. The fourth-order valence-corrected chi connectivity index (χ4v) is 9.13. The fraction of sp³-hybridized carbons (Fsp3) is 0.316. The second-order valence-corrected chi connectivity index (χ2v) is 14.5. The molecule has 7 nitrogen and oxygen atoms in total. The third-order valence-corrected chi connectivity index (χ3v) is 12.4. The summed E-state index contributed by atoms with van der Waals surface area (Å²) in [5.41, 5.74) is -18.4. The molecule has 0 saturated heterocycles. The topological polar surface area (TPSA) is 112 Å². The van der Waals surface area contributed by atoms with Crippen LogP contribution in [0.5, 0.6) is 5.75 Å². The Labute approximate surface area is 221 Å². The first-order valence-electron chi connectivity index (χ1n) is 9.61. The Hall–Kier alpha value is -2.19. The molecule has 39 heavy (non-hydrogen) atoms. The van der Waals surface area contributed by atoms with E-state index in [9.17, 15) is 64.8 Å². The van der Waals surface area contributed by atoms with Crippen LogP contribution in [-0.2, 0) is 52.8 Å². The number of hydrogen-bond donors (Lipinski definition) is 0. The monoisotopic (exact) mass is 656 g/mol. The van der Waals surface area contributed by atoms with Crippen LogP contribution in [0.2, 0.25) is 0 Å². The van der Waals surface area contributed by atoms with Crippen LogP contribution in [-0.4, -0.2) is 48.9 Å². The molecule has 0 amide bonds. The normalized spacial score (nSPS) is 13.5. The van der Waals surface area contributed by atoms with E-state index in [1.54, 1.807) is 7.11 Å². The minimum absolute atomic E-state index is 0.925. The third kappa shape index (κ3) is 8.65. The van der Waals surface area contributed by atoms with Crippen molar-refractivity contribution in [1.82, 2.24) is 0 Å². The van der Waals surface area contributed by atoms with Crippen molar-refractivity contribution in [3.8, 4) is 5.75 Å². The average Bonchev–Trinajstić information content (AvgIpc) is 2.78. The van der Waals surface area contributed by atoms with E-state index in [0.29, 0.717) is 0 Å². The third-order valence-electron chi connectivity index (χ3n) is 4.16. The molecular weight excluding hydrogens is 639 g/mol. The van der Waals surface area contributed by atoms with Gasteiger partial charge < -0.3 is 4.74 Å². The number of sulfone groups is 3. The van der Waals surface area contributed by atoms with E-state index in [-0.39, 0.29) is 0 Å². The van der Waals surface area contributed by atoms with Crippen LogP contribution in [0.1, 0.15) is 11.1 Å². The van der Waals surface area contributed by atoms with Gasteiger partial charge in [0.1, 0.15) is 17.3 Å². The van der Waals surface area contributed by atoms with Crippen LogP contribution in [0, 0.1) is 3.91 Å². The molecule has 0 saturated carbocycles. The van der Waals surface area contributed by atoms with Crippen molar-refractivity contribution in [2.45, 2.75) is 28.0 Å². The van der Waals surface area contributed by atoms with E-state index >= 15 is 0 Å². The van der Waals surface area contributed by atoms with Crippen molar-refractivity contribution in [3.63, 3.8) is 0 Å². The minimum Gasteiger partial charge on any atom is -0.497 e. The van der Waals surface area contributed by atoms with Crippen molar-refractivity contribution < 1.29 is 69.5 Å². The van der Waals surface area contributed by atoms with Crippen LogP contribution in [0.15, 0.2) is 54.6 Å². The van der Waals surface area contributed by atoms with Crippen LogP contribution in [0.4, 0.5) is 39.5 Å². The lowest BCUT2D eigenvalue weighted by atomic mass is 10.2. The van der Waals surface area contributed by atoms with Gasteiger partial charge in [0.25, 0.3) is 0 Å². The van der Waals surface area contributed by atoms with Crippen LogP contribution >= 0.6 is 0 Å². The molecule has 2 aromatic rings. The molecule has 0 bridgehead atoms. The Morgan fingerprint density at radius 1 is 0.615 bits per heavy atom. The molecule has 2 aromatic carbocycles. The molecule has 20 heteroatoms. The Kier molecular flexibility index (Phi) is 11.2. The molecule has 0 aliphatic heterocycles. The van der Waals surface area contributed by atoms with Gasteiger partial charge in [-0.05, 0) is 23.9 Å². The van der Waals surface area contributed by atoms with Gasteiger partial charge in [-0.3, -0.25) is 25.3 Å². The van der Waals surface area contributed by atoms with E-state index in [1.807, 2.05) is 12.1 Å². The number of rotatable bonds is 8. The van der Waals surface area contributed by atoms with Gasteiger partial charge in [-0.15, -0.1) is 0 Å². The minimum atomic E-state index is -8.02. The van der Waals surface area contributed by atoms with Crippen LogP contribution < -0.4 is 4.74 Å². The number of alkyl halides is 9. The predicted octanol–water partition coefficient (Wildman–Crippen LogP) is 4.45. The smallest absolute Gasteiger partial charge is 0.470 e. The van der Waals surface area contributed by atoms with Gasteiger partial charge in [-0.25, -0.2) is 0 Å². The summed E-state index contributed by atoms with van der Waals surface area (Å²) in [6.45, 7) is 0. The van der Waals surface area contributed by atoms with Gasteiger partial charge in [-0.2, -0.15) is 39.5 Å². The molecular formula is C19H17F9O7S4. The first kappa shape index (κ1) is 34.8. The molecule has 0 aliphatic rings. The summed E-state index contributed by atoms with van der Waals surface area (Å²) in [5.74, 6) is 3.14. The number of thiol groups is 1. The molecule has 0 atom stereocenters. The molecule has 0 radical (unpaired) electrons. The van der Waals surface area contributed by atoms with Crippen LogP contribution in [0.25, 0.3) is 0 Å². The largest absolute Gasteiger partial charge is 0.497 e. The highest BCUT2D eigenvalue weighted by molar-refractivity contribution is 8.29. The SMILES string of the molecule is COc1ccc(C[SH+]Cc2ccccc2)cc1.O=S(=O)([C-](S(=O)(=O)C(F)(F)F)S(=O)(=O)C(F)(F)F)C(F)(F)F. The summed E-state index contributed by atoms with van der Waals surface area (Å²) < 4.78 is 173. The summed E-state index contributed by atoms with van der Waals surface area (Å²) in [5, 5.41) is 0. The maximum atomic E-state index is 12.0. The van der Waals surface area contributed by atoms with Gasteiger partial charge in [-0.1, -0.05) is 42.5 Å². The van der Waals surface area contributed by atoms with E-state index in [4.69, 9.17) is 4.74 Å². The van der Waals surface area contributed by atoms with Crippen molar-refractivity contribution in [2.24, 2.45) is 0 Å². The quantitative estimate of drug-likeness (QED) is 0.179. The zero-order chi connectivity index (χ0) is 30.5. The molecule has 0 unspecified atom stereocenters. The lowest BCUT2D eigenvalue weighted by Gasteiger charge is -2.31. The van der Waals surface area contributed by atoms with Gasteiger partial charge in [0.15, 0.2) is 29.5 Å². The molecule has 0 aliphatic carbocycles. The zero-order valence-corrected chi connectivity index (χ0v) is 22.4. The van der Waals surface area contributed by atoms with Crippen molar-refractivity contribution >= 4 is 41.3 Å². The second kappa shape index (κ2) is 12.5. The summed E-state index contributed by atoms with van der Waals surface area (Å²) in [6.07, 6.45) is 0. The highest BCUT2D eigenvalue weighted by Gasteiger charge is 2.63. The summed E-state index contributed by atoms with van der Waals surface area (Å²) in [4.78, 5) is 0. The average molecular weight is 657 g/mol. The van der Waals surface area contributed by atoms with E-state index in [0.717, 1.165) is 17.3 Å². The van der Waals surface area contributed by atoms with E-state index in [1.165, 1.54) is 22.9 Å². The van der Waals surface area contributed by atoms with Gasteiger partial charge in [0.2, 0.25) is 0 Å². The van der Waals surface area contributed by atoms with Crippen LogP contribution in [0.3, 0.4) is 0 Å². The maximum absolute atomic E-state index is 12.0. The Balaban J connectivity index is 0.000000400. The lowest BCUT2D eigenvalue weighted by Crippen LogP contribution is -2.47. The maximum Gasteiger partial charge on any atom is 0.470 e. The van der Waals surface area contributed by atoms with Crippen molar-refractivity contribution in [3.05, 3.63) is 69.6 Å². The fourth-order valence-electron chi connectivity index (χ4n) is 2.35. The van der Waals surface area contributed by atoms with Gasteiger partial charge >= 0.3 is 16.5 Å². The molecule has 2 rings (SSSR count). The first-order chi connectivity index (χ1) is 17.5. The Morgan fingerprint density at radius 2 is 0.949 bits per heavy atom. The first-order valence-corrected chi connectivity index (χ1v) is 15.3. The summed E-state index contributed by atoms with van der Waals surface area (Å²) in [6, 6.07) is 18.9. The standard InChI is InChI=1S/C15H16OS.C4F9O6S3/c1-16-15-9-7-14(8-10-15)12-17-11-13-5-3-2-4-6-13;5-2(6,7)20(14,15)1(21(16,17)3(8,9)10)22(18,19)4(11,12)13/h2-10H,11-12H2,1H3;/q;-1/p+1. The molecule has 0 heterocycles. The number of methoxy groups -OCH3 is 1. The number of halogens is 9. The summed E-state index contributed by atoms with van der Waals surface area (Å²) in [7, 11) is -22.4.